The third kappa shape index (κ3) is 7.15. The van der Waals surface area contributed by atoms with Gasteiger partial charge in [0.2, 0.25) is 5.88 Å². The Balaban J connectivity index is 1.86. The van der Waals surface area contributed by atoms with Crippen LogP contribution in [0.3, 0.4) is 0 Å². The molecule has 1 amide bonds. The fourth-order valence-corrected chi connectivity index (χ4v) is 4.31. The van der Waals surface area contributed by atoms with E-state index in [0.717, 1.165) is 5.56 Å². The van der Waals surface area contributed by atoms with Crippen molar-refractivity contribution in [2.45, 2.75) is 12.7 Å². The molecule has 2 aromatic carbocycles. The molecular weight excluding hydrogens is 489 g/mol. The zero-order chi connectivity index (χ0) is 25.4. The van der Waals surface area contributed by atoms with Gasteiger partial charge in [0.25, 0.3) is 5.91 Å². The van der Waals surface area contributed by atoms with E-state index in [2.05, 4.69) is 15.5 Å². The molecule has 8 nitrogen and oxygen atoms in total. The first-order chi connectivity index (χ1) is 16.7. The van der Waals surface area contributed by atoms with Crippen LogP contribution in [0.5, 0.6) is 5.88 Å². The van der Waals surface area contributed by atoms with Crippen LogP contribution < -0.4 is 10.1 Å². The average molecular weight is 516 g/mol. The molecule has 0 spiro atoms. The minimum Gasteiger partial charge on any atom is -0.472 e. The third-order valence-electron chi connectivity index (χ3n) is 4.85. The number of benzene rings is 2. The van der Waals surface area contributed by atoms with Crippen LogP contribution in [0.1, 0.15) is 28.4 Å². The second-order valence-corrected chi connectivity index (χ2v) is 11.0. The van der Waals surface area contributed by atoms with E-state index >= 15 is 0 Å². The number of pyridine rings is 1. The number of oxime groups is 1. The van der Waals surface area contributed by atoms with Crippen molar-refractivity contribution in [3.63, 3.8) is 0 Å². The number of carbonyl (C=O) groups excluding carboxylic acids is 1. The van der Waals surface area contributed by atoms with Crippen LogP contribution >= 0.6 is 19.0 Å². The number of nitrogens with one attached hydrogen (secondary N) is 1. The fourth-order valence-electron chi connectivity index (χ4n) is 3.33. The number of nitrogens with zero attached hydrogens (tertiary/aromatic N) is 2. The Bertz CT molecular complexity index is 1250. The summed E-state index contributed by atoms with van der Waals surface area (Å²) in [6.45, 7) is 3.21. The molecule has 0 bridgehead atoms. The number of hydrogen-bond acceptors (Lipinski definition) is 7. The van der Waals surface area contributed by atoms with E-state index in [9.17, 15) is 9.36 Å². The Kier molecular flexibility index (Phi) is 9.04. The Morgan fingerprint density at radius 2 is 1.80 bits per heavy atom. The summed E-state index contributed by atoms with van der Waals surface area (Å²) in [6.07, 6.45) is 0.986. The van der Waals surface area contributed by atoms with Crippen molar-refractivity contribution in [2.24, 2.45) is 5.16 Å². The Hall–Kier alpha value is -3.19. The monoisotopic (exact) mass is 515 g/mol. The van der Waals surface area contributed by atoms with Crippen molar-refractivity contribution < 1.29 is 23.5 Å². The van der Waals surface area contributed by atoms with Crippen LogP contribution in [0.25, 0.3) is 0 Å². The summed E-state index contributed by atoms with van der Waals surface area (Å²) in [5, 5.41) is 6.67. The highest BCUT2D eigenvalue weighted by molar-refractivity contribution is 7.57. The van der Waals surface area contributed by atoms with Crippen molar-refractivity contribution in [1.82, 2.24) is 10.3 Å². The minimum absolute atomic E-state index is 0.0830. The van der Waals surface area contributed by atoms with Gasteiger partial charge in [-0.3, -0.25) is 9.36 Å². The standard InChI is InChI=1S/C25H27ClN3O5P/c1-27-24(30)22(29-32-2)20-13-9-8-12-18(20)16-33-25-21(26)14-19(15-28-25)23(34-35(3,4)31)17-10-6-5-7-11-17/h5-15,23H,16H2,1-4H3,(H,27,30)/b29-22-. The Morgan fingerprint density at radius 3 is 2.43 bits per heavy atom. The predicted molar refractivity (Wildman–Crippen MR) is 136 cm³/mol. The van der Waals surface area contributed by atoms with E-state index in [-0.39, 0.29) is 23.2 Å². The van der Waals surface area contributed by atoms with Crippen molar-refractivity contribution in [3.05, 3.63) is 94.1 Å². The van der Waals surface area contributed by atoms with E-state index < -0.39 is 19.4 Å². The predicted octanol–water partition coefficient (Wildman–Crippen LogP) is 5.05. The van der Waals surface area contributed by atoms with E-state index in [1.165, 1.54) is 14.2 Å². The summed E-state index contributed by atoms with van der Waals surface area (Å²) in [7, 11) is 0.0643. The van der Waals surface area contributed by atoms with Crippen LogP contribution in [0, 0.1) is 0 Å². The van der Waals surface area contributed by atoms with Gasteiger partial charge in [0.05, 0.1) is 0 Å². The van der Waals surface area contributed by atoms with Crippen molar-refractivity contribution in [3.8, 4) is 5.88 Å². The van der Waals surface area contributed by atoms with Crippen LogP contribution in [-0.2, 0) is 25.3 Å². The normalized spacial score (nSPS) is 12.7. The smallest absolute Gasteiger partial charge is 0.273 e. The highest BCUT2D eigenvalue weighted by atomic mass is 35.5. The second-order valence-electron chi connectivity index (χ2n) is 7.85. The summed E-state index contributed by atoms with van der Waals surface area (Å²) >= 11 is 6.50. The number of ether oxygens (including phenoxy) is 1. The number of amides is 1. The van der Waals surface area contributed by atoms with Crippen LogP contribution in [0.15, 0.2) is 72.0 Å². The summed E-state index contributed by atoms with van der Waals surface area (Å²) in [5.41, 5.74) is 2.84. The SMILES string of the molecule is CNC(=O)/C(=N\OC)c1ccccc1COc1ncc(C(OP(C)(C)=O)c2ccccc2)cc1Cl. The number of hydrogen-bond donors (Lipinski definition) is 1. The third-order valence-corrected chi connectivity index (χ3v) is 5.84. The average Bonchev–Trinajstić information content (AvgIpc) is 2.85. The largest absolute Gasteiger partial charge is 0.472 e. The molecule has 0 saturated carbocycles. The molecule has 10 heteroatoms. The van der Waals surface area contributed by atoms with Gasteiger partial charge in [-0.05, 0) is 17.2 Å². The zero-order valence-corrected chi connectivity index (χ0v) is 21.5. The molecule has 1 heterocycles. The maximum atomic E-state index is 12.4. The molecule has 3 rings (SSSR count). The molecule has 1 atom stereocenters. The lowest BCUT2D eigenvalue weighted by Gasteiger charge is -2.21. The van der Waals surface area contributed by atoms with Gasteiger partial charge < -0.3 is 19.4 Å². The second kappa shape index (κ2) is 12.0. The van der Waals surface area contributed by atoms with Gasteiger partial charge in [-0.1, -0.05) is 71.4 Å². The topological polar surface area (TPSA) is 99.1 Å². The Morgan fingerprint density at radius 1 is 1.11 bits per heavy atom. The quantitative estimate of drug-likeness (QED) is 0.230. The van der Waals surface area contributed by atoms with Crippen molar-refractivity contribution >= 4 is 30.6 Å². The minimum atomic E-state index is -2.82. The number of halogens is 1. The fraction of sp³-hybridized carbons (Fsp3) is 0.240. The van der Waals surface area contributed by atoms with E-state index in [1.807, 2.05) is 42.5 Å². The molecule has 1 N–H and O–H groups in total. The van der Waals surface area contributed by atoms with Gasteiger partial charge in [0.1, 0.15) is 24.8 Å². The first-order valence-electron chi connectivity index (χ1n) is 10.7. The molecular formula is C25H27ClN3O5P. The van der Waals surface area contributed by atoms with E-state index in [4.69, 9.17) is 25.7 Å². The van der Waals surface area contributed by atoms with Gasteiger partial charge in [0, 0.05) is 37.7 Å². The maximum Gasteiger partial charge on any atom is 0.273 e. The Labute approximate surface area is 209 Å². The number of likely N-dealkylation sites (N-methyl/N-ethyl adjacent to an activating group) is 1. The highest BCUT2D eigenvalue weighted by Crippen LogP contribution is 2.46. The summed E-state index contributed by atoms with van der Waals surface area (Å²) in [5.74, 6) is -0.186. The van der Waals surface area contributed by atoms with Crippen LogP contribution in [0.4, 0.5) is 0 Å². The lowest BCUT2D eigenvalue weighted by atomic mass is 10.0. The molecule has 1 aromatic heterocycles. The van der Waals surface area contributed by atoms with Gasteiger partial charge in [-0.15, -0.1) is 0 Å². The number of carbonyl (C=O) groups is 1. The maximum absolute atomic E-state index is 12.4. The van der Waals surface area contributed by atoms with Crippen LogP contribution in [-0.4, -0.2) is 44.1 Å². The lowest BCUT2D eigenvalue weighted by Crippen LogP contribution is -2.29. The first kappa shape index (κ1) is 26.4. The summed E-state index contributed by atoms with van der Waals surface area (Å²) in [4.78, 5) is 21.5. The molecule has 0 radical (unpaired) electrons. The van der Waals surface area contributed by atoms with Crippen LogP contribution in [0.2, 0.25) is 5.02 Å². The first-order valence-corrected chi connectivity index (χ1v) is 13.6. The molecule has 3 aromatic rings. The lowest BCUT2D eigenvalue weighted by molar-refractivity contribution is -0.114. The van der Waals surface area contributed by atoms with Crippen molar-refractivity contribution in [1.29, 1.82) is 0 Å². The molecule has 0 fully saturated rings. The van der Waals surface area contributed by atoms with E-state index in [0.29, 0.717) is 16.7 Å². The van der Waals surface area contributed by atoms with Gasteiger partial charge >= 0.3 is 0 Å². The molecule has 0 aliphatic carbocycles. The van der Waals surface area contributed by atoms with E-state index in [1.54, 1.807) is 37.7 Å². The van der Waals surface area contributed by atoms with Gasteiger partial charge in [-0.25, -0.2) is 4.98 Å². The summed E-state index contributed by atoms with van der Waals surface area (Å²) in [6, 6.07) is 18.3. The van der Waals surface area contributed by atoms with Gasteiger partial charge in [-0.2, -0.15) is 0 Å². The highest BCUT2D eigenvalue weighted by Gasteiger charge is 2.23. The summed E-state index contributed by atoms with van der Waals surface area (Å²) < 4.78 is 24.2. The molecule has 1 unspecified atom stereocenters. The molecule has 0 aliphatic rings. The number of rotatable bonds is 10. The van der Waals surface area contributed by atoms with Crippen molar-refractivity contribution in [2.75, 3.05) is 27.5 Å². The van der Waals surface area contributed by atoms with Gasteiger partial charge in [0.15, 0.2) is 13.1 Å². The number of aromatic nitrogens is 1. The molecule has 0 aliphatic heterocycles. The molecule has 184 valence electrons. The zero-order valence-electron chi connectivity index (χ0n) is 19.9. The molecule has 0 saturated heterocycles. The molecule has 35 heavy (non-hydrogen) atoms.